The zero-order valence-corrected chi connectivity index (χ0v) is 12.2. The number of piperidine rings is 1. The van der Waals surface area contributed by atoms with Crippen molar-refractivity contribution in [2.75, 3.05) is 19.6 Å². The van der Waals surface area contributed by atoms with Gasteiger partial charge in [-0.15, -0.1) is 0 Å². The molecule has 1 aromatic carbocycles. The van der Waals surface area contributed by atoms with Gasteiger partial charge in [0, 0.05) is 12.0 Å². The highest BCUT2D eigenvalue weighted by Crippen LogP contribution is 2.19. The van der Waals surface area contributed by atoms with E-state index in [1.54, 1.807) is 24.3 Å². The van der Waals surface area contributed by atoms with Gasteiger partial charge in [0.15, 0.2) is 0 Å². The molecular weight excluding hydrogens is 266 g/mol. The van der Waals surface area contributed by atoms with Crippen LogP contribution in [0.4, 0.5) is 0 Å². The summed E-state index contributed by atoms with van der Waals surface area (Å²) < 4.78 is 5.30. The Hall–Kier alpha value is -1.88. The molecule has 5 heteroatoms. The maximum atomic E-state index is 9.28. The first-order valence-electron chi connectivity index (χ1n) is 7.65. The predicted octanol–water partition coefficient (Wildman–Crippen LogP) is 2.86. The zero-order valence-electron chi connectivity index (χ0n) is 12.2. The Morgan fingerprint density at radius 3 is 2.62 bits per heavy atom. The van der Waals surface area contributed by atoms with Gasteiger partial charge in [-0.05, 0) is 63.2 Å². The van der Waals surface area contributed by atoms with Gasteiger partial charge in [-0.25, -0.2) is 0 Å². The molecule has 21 heavy (non-hydrogen) atoms. The minimum atomic E-state index is 0.240. The van der Waals surface area contributed by atoms with E-state index in [0.717, 1.165) is 24.9 Å². The molecule has 5 nitrogen and oxygen atoms in total. The van der Waals surface area contributed by atoms with Crippen LogP contribution in [0.25, 0.3) is 11.4 Å². The lowest BCUT2D eigenvalue weighted by atomic mass is 10.1. The molecule has 0 radical (unpaired) electrons. The largest absolute Gasteiger partial charge is 0.508 e. The van der Waals surface area contributed by atoms with E-state index >= 15 is 0 Å². The van der Waals surface area contributed by atoms with Crippen molar-refractivity contribution in [2.45, 2.75) is 32.1 Å². The summed E-state index contributed by atoms with van der Waals surface area (Å²) in [6.07, 6.45) is 5.89. The maximum absolute atomic E-state index is 9.28. The molecule has 2 aromatic rings. The van der Waals surface area contributed by atoms with E-state index in [4.69, 9.17) is 4.52 Å². The highest BCUT2D eigenvalue weighted by atomic mass is 16.5. The number of nitrogens with zero attached hydrogens (tertiary/aromatic N) is 3. The van der Waals surface area contributed by atoms with Crippen LogP contribution in [-0.4, -0.2) is 39.8 Å². The Bertz CT molecular complexity index is 559. The predicted molar refractivity (Wildman–Crippen MR) is 80.0 cm³/mol. The highest BCUT2D eigenvalue weighted by Gasteiger charge is 2.11. The van der Waals surface area contributed by atoms with E-state index in [1.165, 1.54) is 32.4 Å². The van der Waals surface area contributed by atoms with Crippen molar-refractivity contribution in [3.05, 3.63) is 30.2 Å². The van der Waals surface area contributed by atoms with Gasteiger partial charge in [0.25, 0.3) is 0 Å². The third-order valence-electron chi connectivity index (χ3n) is 3.91. The third-order valence-corrected chi connectivity index (χ3v) is 3.91. The summed E-state index contributed by atoms with van der Waals surface area (Å²) in [6, 6.07) is 6.83. The average molecular weight is 287 g/mol. The van der Waals surface area contributed by atoms with Gasteiger partial charge >= 0.3 is 0 Å². The van der Waals surface area contributed by atoms with Gasteiger partial charge in [0.1, 0.15) is 5.75 Å². The number of hydrogen-bond acceptors (Lipinski definition) is 5. The number of phenolic OH excluding ortho intramolecular Hbond substituents is 1. The van der Waals surface area contributed by atoms with E-state index in [9.17, 15) is 5.11 Å². The van der Waals surface area contributed by atoms with Crippen LogP contribution in [0, 0.1) is 0 Å². The Balaban J connectivity index is 1.51. The molecule has 0 spiro atoms. The van der Waals surface area contributed by atoms with Gasteiger partial charge in [0.2, 0.25) is 11.7 Å². The molecule has 0 atom stereocenters. The van der Waals surface area contributed by atoms with Crippen molar-refractivity contribution in [1.29, 1.82) is 0 Å². The lowest BCUT2D eigenvalue weighted by Crippen LogP contribution is -2.30. The van der Waals surface area contributed by atoms with E-state index in [1.807, 2.05) is 0 Å². The lowest BCUT2D eigenvalue weighted by Gasteiger charge is -2.25. The molecule has 0 amide bonds. The van der Waals surface area contributed by atoms with E-state index in [-0.39, 0.29) is 5.75 Å². The van der Waals surface area contributed by atoms with Crippen LogP contribution >= 0.6 is 0 Å². The quantitative estimate of drug-likeness (QED) is 0.916. The summed E-state index contributed by atoms with van der Waals surface area (Å²) in [7, 11) is 0. The fourth-order valence-electron chi connectivity index (χ4n) is 2.72. The van der Waals surface area contributed by atoms with E-state index in [2.05, 4.69) is 15.0 Å². The summed E-state index contributed by atoms with van der Waals surface area (Å²) in [6.45, 7) is 3.56. The molecule has 0 bridgehead atoms. The van der Waals surface area contributed by atoms with E-state index in [0.29, 0.717) is 11.7 Å². The van der Waals surface area contributed by atoms with Crippen LogP contribution < -0.4 is 0 Å². The molecule has 3 rings (SSSR count). The molecule has 1 aliphatic rings. The first-order valence-corrected chi connectivity index (χ1v) is 7.65. The zero-order chi connectivity index (χ0) is 14.5. The lowest BCUT2D eigenvalue weighted by molar-refractivity contribution is 0.223. The number of aromatic nitrogens is 2. The summed E-state index contributed by atoms with van der Waals surface area (Å²) in [5.41, 5.74) is 0.860. The minimum Gasteiger partial charge on any atom is -0.508 e. The Kier molecular flexibility index (Phi) is 4.50. The number of hydrogen-bond donors (Lipinski definition) is 1. The maximum Gasteiger partial charge on any atom is 0.227 e. The molecular formula is C16H21N3O2. The van der Waals surface area contributed by atoms with Gasteiger partial charge < -0.3 is 14.5 Å². The molecule has 0 unspecified atom stereocenters. The summed E-state index contributed by atoms with van der Waals surface area (Å²) in [5, 5.41) is 13.3. The van der Waals surface area contributed by atoms with Crippen molar-refractivity contribution >= 4 is 0 Å². The van der Waals surface area contributed by atoms with E-state index < -0.39 is 0 Å². The number of likely N-dealkylation sites (tertiary alicyclic amines) is 1. The highest BCUT2D eigenvalue weighted by molar-refractivity contribution is 5.55. The van der Waals surface area contributed by atoms with Crippen LogP contribution in [0.2, 0.25) is 0 Å². The average Bonchev–Trinajstić information content (AvgIpc) is 2.98. The fourth-order valence-corrected chi connectivity index (χ4v) is 2.72. The first kappa shape index (κ1) is 14.1. The molecule has 1 N–H and O–H groups in total. The molecule has 1 fully saturated rings. The number of phenols is 1. The van der Waals surface area contributed by atoms with Crippen LogP contribution in [0.15, 0.2) is 28.8 Å². The summed E-state index contributed by atoms with van der Waals surface area (Å²) in [4.78, 5) is 6.93. The standard InChI is InChI=1S/C16H21N3O2/c20-14-8-6-13(7-9-14)16-17-15(21-18-16)5-4-12-19-10-2-1-3-11-19/h6-9,20H,1-5,10-12H2. The van der Waals surface area contributed by atoms with Crippen LogP contribution in [0.5, 0.6) is 5.75 Å². The van der Waals surface area contributed by atoms with Crippen LogP contribution in [-0.2, 0) is 6.42 Å². The second-order valence-electron chi connectivity index (χ2n) is 5.56. The fraction of sp³-hybridized carbons (Fsp3) is 0.500. The molecule has 1 saturated heterocycles. The number of aromatic hydroxyl groups is 1. The second-order valence-corrected chi connectivity index (χ2v) is 5.56. The first-order chi connectivity index (χ1) is 10.3. The number of benzene rings is 1. The molecule has 2 heterocycles. The van der Waals surface area contributed by atoms with Gasteiger partial charge in [0.05, 0.1) is 0 Å². The summed E-state index contributed by atoms with van der Waals surface area (Å²) >= 11 is 0. The smallest absolute Gasteiger partial charge is 0.227 e. The molecule has 112 valence electrons. The number of aryl methyl sites for hydroxylation is 1. The third kappa shape index (κ3) is 3.82. The van der Waals surface area contributed by atoms with Crippen LogP contribution in [0.1, 0.15) is 31.6 Å². The van der Waals surface area contributed by atoms with Crippen molar-refractivity contribution in [1.82, 2.24) is 15.0 Å². The normalized spacial score (nSPS) is 16.2. The van der Waals surface area contributed by atoms with Crippen LogP contribution in [0.3, 0.4) is 0 Å². The minimum absolute atomic E-state index is 0.240. The Morgan fingerprint density at radius 2 is 1.86 bits per heavy atom. The van der Waals surface area contributed by atoms with Gasteiger partial charge in [-0.2, -0.15) is 4.98 Å². The van der Waals surface area contributed by atoms with Crippen molar-refractivity contribution in [3.8, 4) is 17.1 Å². The van der Waals surface area contributed by atoms with Gasteiger partial charge in [-0.1, -0.05) is 11.6 Å². The molecule has 1 aliphatic heterocycles. The summed E-state index contributed by atoms with van der Waals surface area (Å²) in [5.74, 6) is 1.52. The molecule has 1 aromatic heterocycles. The van der Waals surface area contributed by atoms with Crippen molar-refractivity contribution < 1.29 is 9.63 Å². The Morgan fingerprint density at radius 1 is 1.10 bits per heavy atom. The van der Waals surface area contributed by atoms with Crippen molar-refractivity contribution in [2.24, 2.45) is 0 Å². The van der Waals surface area contributed by atoms with Gasteiger partial charge in [-0.3, -0.25) is 0 Å². The van der Waals surface area contributed by atoms with Crippen molar-refractivity contribution in [3.63, 3.8) is 0 Å². The SMILES string of the molecule is Oc1ccc(-c2noc(CCCN3CCCCC3)n2)cc1. The molecule has 0 saturated carbocycles. The topological polar surface area (TPSA) is 62.4 Å². The molecule has 0 aliphatic carbocycles. The second kappa shape index (κ2) is 6.72. The Labute approximate surface area is 124 Å². The number of rotatable bonds is 5. The monoisotopic (exact) mass is 287 g/mol.